The largest absolute Gasteiger partial charge is 0.388 e. The van der Waals surface area contributed by atoms with Crippen LogP contribution in [0.2, 0.25) is 0 Å². The molecule has 2 N–H and O–H groups in total. The molecule has 88 valence electrons. The van der Waals surface area contributed by atoms with Gasteiger partial charge in [0.2, 0.25) is 0 Å². The topological polar surface area (TPSA) is 32.3 Å². The molecule has 3 heteroatoms. The highest BCUT2D eigenvalue weighted by Gasteiger charge is 2.29. The molecule has 1 heterocycles. The lowest BCUT2D eigenvalue weighted by atomic mass is 9.87. The summed E-state index contributed by atoms with van der Waals surface area (Å²) < 4.78 is 1.09. The average molecular weight is 284 g/mol. The number of hydrogen-bond donors (Lipinski definition) is 2. The van der Waals surface area contributed by atoms with E-state index in [1.807, 2.05) is 0 Å². The van der Waals surface area contributed by atoms with Crippen LogP contribution in [0.5, 0.6) is 0 Å². The molecular weight excluding hydrogens is 266 g/mol. The zero-order valence-electron chi connectivity index (χ0n) is 9.59. The summed E-state index contributed by atoms with van der Waals surface area (Å²) in [6, 6.07) is 6.29. The van der Waals surface area contributed by atoms with E-state index < -0.39 is 5.60 Å². The number of rotatable bonds is 2. The molecule has 0 bridgehead atoms. The van der Waals surface area contributed by atoms with Crippen molar-refractivity contribution in [3.8, 4) is 0 Å². The normalized spacial score (nSPS) is 25.7. The minimum atomic E-state index is -0.575. The molecule has 0 aliphatic carbocycles. The van der Waals surface area contributed by atoms with Crippen molar-refractivity contribution in [3.05, 3.63) is 33.8 Å². The monoisotopic (exact) mass is 283 g/mol. The molecule has 1 aromatic carbocycles. The molecule has 0 saturated carbocycles. The van der Waals surface area contributed by atoms with E-state index in [9.17, 15) is 5.11 Å². The number of hydrogen-bond acceptors (Lipinski definition) is 2. The van der Waals surface area contributed by atoms with Crippen LogP contribution in [-0.4, -0.2) is 23.8 Å². The van der Waals surface area contributed by atoms with Crippen LogP contribution in [0, 0.1) is 6.92 Å². The van der Waals surface area contributed by atoms with Gasteiger partial charge >= 0.3 is 0 Å². The van der Waals surface area contributed by atoms with E-state index in [2.05, 4.69) is 46.4 Å². The SMILES string of the molecule is Cc1ccc(Br)c(CC2(O)CCCNC2)c1. The van der Waals surface area contributed by atoms with Gasteiger partial charge in [0.15, 0.2) is 0 Å². The van der Waals surface area contributed by atoms with Crippen molar-refractivity contribution in [2.75, 3.05) is 13.1 Å². The highest BCUT2D eigenvalue weighted by atomic mass is 79.9. The lowest BCUT2D eigenvalue weighted by molar-refractivity contribution is 0.0168. The maximum atomic E-state index is 10.5. The quantitative estimate of drug-likeness (QED) is 0.874. The standard InChI is InChI=1S/C13H18BrNO/c1-10-3-4-12(14)11(7-10)8-13(16)5-2-6-15-9-13/h3-4,7,15-16H,2,5-6,8-9H2,1H3. The van der Waals surface area contributed by atoms with Gasteiger partial charge in [0.05, 0.1) is 5.60 Å². The molecule has 0 aromatic heterocycles. The zero-order valence-corrected chi connectivity index (χ0v) is 11.2. The highest BCUT2D eigenvalue weighted by molar-refractivity contribution is 9.10. The molecule has 2 nitrogen and oxygen atoms in total. The van der Waals surface area contributed by atoms with Crippen LogP contribution in [0.4, 0.5) is 0 Å². The van der Waals surface area contributed by atoms with E-state index in [4.69, 9.17) is 0 Å². The van der Waals surface area contributed by atoms with E-state index in [1.54, 1.807) is 0 Å². The first-order valence-corrected chi connectivity index (χ1v) is 6.56. The Bertz CT molecular complexity index is 372. The van der Waals surface area contributed by atoms with E-state index in [0.29, 0.717) is 6.54 Å². The molecule has 2 rings (SSSR count). The van der Waals surface area contributed by atoms with Crippen LogP contribution < -0.4 is 5.32 Å². The van der Waals surface area contributed by atoms with Gasteiger partial charge < -0.3 is 10.4 Å². The van der Waals surface area contributed by atoms with Gasteiger partial charge in [-0.15, -0.1) is 0 Å². The van der Waals surface area contributed by atoms with Crippen LogP contribution in [0.3, 0.4) is 0 Å². The fourth-order valence-electron chi connectivity index (χ4n) is 2.30. The third-order valence-electron chi connectivity index (χ3n) is 3.17. The van der Waals surface area contributed by atoms with Crippen molar-refractivity contribution in [2.45, 2.75) is 31.8 Å². The molecule has 1 saturated heterocycles. The fraction of sp³-hybridized carbons (Fsp3) is 0.538. The molecule has 1 aliphatic heterocycles. The van der Waals surface area contributed by atoms with E-state index in [1.165, 1.54) is 11.1 Å². The van der Waals surface area contributed by atoms with Gasteiger partial charge in [-0.25, -0.2) is 0 Å². The first-order valence-electron chi connectivity index (χ1n) is 5.77. The van der Waals surface area contributed by atoms with Crippen LogP contribution in [0.15, 0.2) is 22.7 Å². The lowest BCUT2D eigenvalue weighted by Crippen LogP contribution is -2.47. The molecule has 1 aliphatic rings. The molecular formula is C13H18BrNO. The number of aryl methyl sites for hydroxylation is 1. The van der Waals surface area contributed by atoms with Crippen molar-refractivity contribution in [1.29, 1.82) is 0 Å². The Balaban J connectivity index is 2.15. The molecule has 1 atom stereocenters. The average Bonchev–Trinajstić information content (AvgIpc) is 2.24. The Hall–Kier alpha value is -0.380. The van der Waals surface area contributed by atoms with Gasteiger partial charge in [-0.1, -0.05) is 33.6 Å². The number of halogens is 1. The minimum Gasteiger partial charge on any atom is -0.388 e. The van der Waals surface area contributed by atoms with Gasteiger partial charge in [-0.05, 0) is 37.9 Å². The third kappa shape index (κ3) is 2.84. The van der Waals surface area contributed by atoms with Gasteiger partial charge in [0, 0.05) is 17.4 Å². The highest BCUT2D eigenvalue weighted by Crippen LogP contribution is 2.26. The van der Waals surface area contributed by atoms with Crippen LogP contribution in [-0.2, 0) is 6.42 Å². The molecule has 16 heavy (non-hydrogen) atoms. The van der Waals surface area contributed by atoms with E-state index in [0.717, 1.165) is 30.3 Å². The zero-order chi connectivity index (χ0) is 11.6. The number of aliphatic hydroxyl groups is 1. The van der Waals surface area contributed by atoms with Gasteiger partial charge in [0.25, 0.3) is 0 Å². The van der Waals surface area contributed by atoms with Crippen molar-refractivity contribution < 1.29 is 5.11 Å². The number of β-amino-alcohol motifs (C(OH)–C–C–N with tert-alkyl or cyclic N) is 1. The summed E-state index contributed by atoms with van der Waals surface area (Å²) in [4.78, 5) is 0. The summed E-state index contributed by atoms with van der Waals surface area (Å²) in [5.41, 5.74) is 1.87. The predicted octanol–water partition coefficient (Wildman–Crippen LogP) is 2.41. The summed E-state index contributed by atoms with van der Waals surface area (Å²) >= 11 is 3.55. The molecule has 1 aromatic rings. The second-order valence-electron chi connectivity index (χ2n) is 4.78. The number of piperidine rings is 1. The smallest absolute Gasteiger partial charge is 0.0812 e. The molecule has 0 spiro atoms. The maximum Gasteiger partial charge on any atom is 0.0812 e. The Labute approximate surface area is 105 Å². The third-order valence-corrected chi connectivity index (χ3v) is 3.94. The first-order chi connectivity index (χ1) is 7.59. The fourth-order valence-corrected chi connectivity index (χ4v) is 2.68. The summed E-state index contributed by atoms with van der Waals surface area (Å²) in [6.45, 7) is 3.81. The Kier molecular flexibility index (Phi) is 3.67. The summed E-state index contributed by atoms with van der Waals surface area (Å²) in [5, 5.41) is 13.7. The van der Waals surface area contributed by atoms with E-state index >= 15 is 0 Å². The molecule has 0 radical (unpaired) electrons. The second kappa shape index (κ2) is 4.86. The van der Waals surface area contributed by atoms with Crippen molar-refractivity contribution >= 4 is 15.9 Å². The first kappa shape index (κ1) is 12.1. The Morgan fingerprint density at radius 1 is 1.50 bits per heavy atom. The second-order valence-corrected chi connectivity index (χ2v) is 5.63. The molecule has 0 amide bonds. The van der Waals surface area contributed by atoms with Gasteiger partial charge in [-0.3, -0.25) is 0 Å². The summed E-state index contributed by atoms with van der Waals surface area (Å²) in [7, 11) is 0. The van der Waals surface area contributed by atoms with Crippen molar-refractivity contribution in [2.24, 2.45) is 0 Å². The van der Waals surface area contributed by atoms with Crippen LogP contribution in [0.1, 0.15) is 24.0 Å². The summed E-state index contributed by atoms with van der Waals surface area (Å²) in [6.07, 6.45) is 2.67. The summed E-state index contributed by atoms with van der Waals surface area (Å²) in [5.74, 6) is 0. The number of nitrogens with one attached hydrogen (secondary N) is 1. The lowest BCUT2D eigenvalue weighted by Gasteiger charge is -2.33. The van der Waals surface area contributed by atoms with Crippen LogP contribution in [0.25, 0.3) is 0 Å². The van der Waals surface area contributed by atoms with Crippen LogP contribution >= 0.6 is 15.9 Å². The predicted molar refractivity (Wildman–Crippen MR) is 69.6 cm³/mol. The van der Waals surface area contributed by atoms with Gasteiger partial charge in [0.1, 0.15) is 0 Å². The molecule has 1 fully saturated rings. The molecule has 1 unspecified atom stereocenters. The Morgan fingerprint density at radius 2 is 2.31 bits per heavy atom. The van der Waals surface area contributed by atoms with Gasteiger partial charge in [-0.2, -0.15) is 0 Å². The number of benzene rings is 1. The minimum absolute atomic E-state index is 0.575. The Morgan fingerprint density at radius 3 is 3.00 bits per heavy atom. The van der Waals surface area contributed by atoms with Crippen molar-refractivity contribution in [1.82, 2.24) is 5.32 Å². The van der Waals surface area contributed by atoms with Crippen molar-refractivity contribution in [3.63, 3.8) is 0 Å². The van der Waals surface area contributed by atoms with E-state index in [-0.39, 0.29) is 0 Å². The maximum absolute atomic E-state index is 10.5.